The molecule has 1 heterocycles. The maximum absolute atomic E-state index is 6.03. The van der Waals surface area contributed by atoms with Gasteiger partial charge in [-0.1, -0.05) is 23.2 Å². The van der Waals surface area contributed by atoms with Crippen molar-refractivity contribution in [1.82, 2.24) is 0 Å². The van der Waals surface area contributed by atoms with Gasteiger partial charge in [0.25, 0.3) is 0 Å². The van der Waals surface area contributed by atoms with Crippen LogP contribution in [0.15, 0.2) is 12.1 Å². The molecule has 1 aliphatic heterocycles. The van der Waals surface area contributed by atoms with E-state index in [2.05, 4.69) is 11.8 Å². The van der Waals surface area contributed by atoms with Gasteiger partial charge in [-0.25, -0.2) is 0 Å². The molecule has 0 aromatic heterocycles. The maximum atomic E-state index is 6.03. The molecule has 1 unspecified atom stereocenters. The van der Waals surface area contributed by atoms with Crippen LogP contribution in [0, 0.1) is 0 Å². The van der Waals surface area contributed by atoms with Crippen molar-refractivity contribution >= 4 is 28.9 Å². The summed E-state index contributed by atoms with van der Waals surface area (Å²) in [5.41, 5.74) is 0.984. The van der Waals surface area contributed by atoms with Crippen molar-refractivity contribution in [3.63, 3.8) is 0 Å². The van der Waals surface area contributed by atoms with E-state index in [0.717, 1.165) is 18.0 Å². The van der Waals surface area contributed by atoms with E-state index in [0.29, 0.717) is 10.0 Å². The lowest BCUT2D eigenvalue weighted by atomic mass is 10.3. The molecule has 0 N–H and O–H groups in total. The molecule has 1 aromatic rings. The predicted octanol–water partition coefficient (Wildman–Crippen LogP) is 3.56. The van der Waals surface area contributed by atoms with Gasteiger partial charge in [-0.15, -0.1) is 0 Å². The Labute approximate surface area is 93.4 Å². The zero-order valence-electron chi connectivity index (χ0n) is 8.05. The average molecular weight is 232 g/mol. The Morgan fingerprint density at radius 1 is 1.43 bits per heavy atom. The minimum Gasteiger partial charge on any atom is -0.467 e. The lowest BCUT2D eigenvalue weighted by Gasteiger charge is -2.19. The van der Waals surface area contributed by atoms with Crippen LogP contribution in [0.3, 0.4) is 0 Å². The SMILES string of the molecule is CCN1c2cc(Cl)cc(Cl)c2OC1C. The van der Waals surface area contributed by atoms with Crippen LogP contribution in [0.1, 0.15) is 13.8 Å². The first kappa shape index (κ1) is 9.94. The van der Waals surface area contributed by atoms with Crippen LogP contribution in [0.4, 0.5) is 5.69 Å². The van der Waals surface area contributed by atoms with Crippen LogP contribution in [0.2, 0.25) is 10.0 Å². The van der Waals surface area contributed by atoms with Crippen LogP contribution in [0.5, 0.6) is 5.75 Å². The van der Waals surface area contributed by atoms with Crippen LogP contribution >= 0.6 is 23.2 Å². The molecule has 1 atom stereocenters. The molecule has 0 radical (unpaired) electrons. The Morgan fingerprint density at radius 2 is 2.14 bits per heavy atom. The highest BCUT2D eigenvalue weighted by Crippen LogP contribution is 2.44. The molecule has 76 valence electrons. The molecular weight excluding hydrogens is 221 g/mol. The standard InChI is InChI=1S/C10H11Cl2NO/c1-3-13-6(2)14-10-8(12)4-7(11)5-9(10)13/h4-6H,3H2,1-2H3. The summed E-state index contributed by atoms with van der Waals surface area (Å²) in [6.45, 7) is 4.95. The molecule has 0 saturated heterocycles. The van der Waals surface area contributed by atoms with Gasteiger partial charge < -0.3 is 9.64 Å². The molecule has 14 heavy (non-hydrogen) atoms. The lowest BCUT2D eigenvalue weighted by molar-refractivity contribution is 0.246. The fourth-order valence-electron chi connectivity index (χ4n) is 1.73. The first-order chi connectivity index (χ1) is 6.63. The topological polar surface area (TPSA) is 12.5 Å². The number of halogens is 2. The second-order valence-electron chi connectivity index (χ2n) is 3.24. The van der Waals surface area contributed by atoms with Crippen LogP contribution < -0.4 is 9.64 Å². The van der Waals surface area contributed by atoms with E-state index in [1.54, 1.807) is 6.07 Å². The lowest BCUT2D eigenvalue weighted by Crippen LogP contribution is -2.31. The van der Waals surface area contributed by atoms with Crippen LogP contribution in [0.25, 0.3) is 0 Å². The van der Waals surface area contributed by atoms with Gasteiger partial charge in [0.1, 0.15) is 0 Å². The minimum absolute atomic E-state index is 0.0333. The molecule has 0 aliphatic carbocycles. The minimum atomic E-state index is 0.0333. The monoisotopic (exact) mass is 231 g/mol. The summed E-state index contributed by atoms with van der Waals surface area (Å²) in [7, 11) is 0. The van der Waals surface area contributed by atoms with Gasteiger partial charge in [-0.05, 0) is 26.0 Å². The van der Waals surface area contributed by atoms with Gasteiger partial charge in [0.15, 0.2) is 12.0 Å². The zero-order chi connectivity index (χ0) is 10.3. The van der Waals surface area contributed by atoms with Crippen molar-refractivity contribution in [3.05, 3.63) is 22.2 Å². The third-order valence-electron chi connectivity index (χ3n) is 2.37. The Kier molecular flexibility index (Phi) is 2.50. The summed E-state index contributed by atoms with van der Waals surface area (Å²) in [5.74, 6) is 0.741. The highest BCUT2D eigenvalue weighted by atomic mass is 35.5. The number of anilines is 1. The number of fused-ring (bicyclic) bond motifs is 1. The molecule has 2 rings (SSSR count). The molecule has 1 aromatic carbocycles. The molecule has 2 nitrogen and oxygen atoms in total. The molecule has 4 heteroatoms. The molecule has 1 aliphatic rings. The van der Waals surface area contributed by atoms with Crippen molar-refractivity contribution in [2.45, 2.75) is 20.1 Å². The van der Waals surface area contributed by atoms with Crippen molar-refractivity contribution < 1.29 is 4.74 Å². The number of nitrogens with zero attached hydrogens (tertiary/aromatic N) is 1. The zero-order valence-corrected chi connectivity index (χ0v) is 9.56. The number of benzene rings is 1. The number of hydrogen-bond acceptors (Lipinski definition) is 2. The van der Waals surface area contributed by atoms with E-state index >= 15 is 0 Å². The third kappa shape index (κ3) is 1.43. The molecule has 0 bridgehead atoms. The smallest absolute Gasteiger partial charge is 0.169 e. The summed E-state index contributed by atoms with van der Waals surface area (Å²) in [6.07, 6.45) is 0.0333. The normalized spacial score (nSPS) is 19.4. The van der Waals surface area contributed by atoms with Gasteiger partial charge in [-0.3, -0.25) is 0 Å². The Bertz CT molecular complexity index is 367. The van der Waals surface area contributed by atoms with E-state index in [4.69, 9.17) is 27.9 Å². The second-order valence-corrected chi connectivity index (χ2v) is 4.08. The summed E-state index contributed by atoms with van der Waals surface area (Å²) >= 11 is 12.0. The van der Waals surface area contributed by atoms with Gasteiger partial charge in [-0.2, -0.15) is 0 Å². The average Bonchev–Trinajstić information content (AvgIpc) is 2.41. The third-order valence-corrected chi connectivity index (χ3v) is 2.87. The molecule has 0 fully saturated rings. The van der Waals surface area contributed by atoms with Crippen molar-refractivity contribution in [2.24, 2.45) is 0 Å². The molecule has 0 saturated carbocycles. The van der Waals surface area contributed by atoms with Crippen molar-refractivity contribution in [1.29, 1.82) is 0 Å². The van der Waals surface area contributed by atoms with E-state index in [1.165, 1.54) is 0 Å². The highest BCUT2D eigenvalue weighted by Gasteiger charge is 2.28. The largest absolute Gasteiger partial charge is 0.467 e. The highest BCUT2D eigenvalue weighted by molar-refractivity contribution is 6.36. The first-order valence-corrected chi connectivity index (χ1v) is 5.31. The number of rotatable bonds is 1. The summed E-state index contributed by atoms with van der Waals surface area (Å²) in [4.78, 5) is 2.12. The fourth-order valence-corrected chi connectivity index (χ4v) is 2.26. The maximum Gasteiger partial charge on any atom is 0.169 e. The quantitative estimate of drug-likeness (QED) is 0.733. The first-order valence-electron chi connectivity index (χ1n) is 4.55. The Balaban J connectivity index is 2.53. The summed E-state index contributed by atoms with van der Waals surface area (Å²) in [5, 5.41) is 1.22. The fraction of sp³-hybridized carbons (Fsp3) is 0.400. The van der Waals surface area contributed by atoms with Gasteiger partial charge in [0.2, 0.25) is 0 Å². The Hall–Kier alpha value is -0.600. The van der Waals surface area contributed by atoms with Gasteiger partial charge in [0, 0.05) is 11.6 Å². The van der Waals surface area contributed by atoms with Gasteiger partial charge in [0.05, 0.1) is 10.7 Å². The predicted molar refractivity (Wildman–Crippen MR) is 59.6 cm³/mol. The van der Waals surface area contributed by atoms with Crippen molar-refractivity contribution in [2.75, 3.05) is 11.4 Å². The van der Waals surface area contributed by atoms with Crippen molar-refractivity contribution in [3.8, 4) is 5.75 Å². The van der Waals surface area contributed by atoms with E-state index in [9.17, 15) is 0 Å². The van der Waals surface area contributed by atoms with Gasteiger partial charge >= 0.3 is 0 Å². The second kappa shape index (κ2) is 3.52. The molecule has 0 spiro atoms. The Morgan fingerprint density at radius 3 is 2.79 bits per heavy atom. The number of ether oxygens (including phenoxy) is 1. The number of hydrogen-bond donors (Lipinski definition) is 0. The van der Waals surface area contributed by atoms with E-state index < -0.39 is 0 Å². The van der Waals surface area contributed by atoms with Crippen LogP contribution in [-0.2, 0) is 0 Å². The molecular formula is C10H11Cl2NO. The summed E-state index contributed by atoms with van der Waals surface area (Å²) in [6, 6.07) is 3.59. The van der Waals surface area contributed by atoms with E-state index in [1.807, 2.05) is 13.0 Å². The molecule has 0 amide bonds. The van der Waals surface area contributed by atoms with E-state index in [-0.39, 0.29) is 6.23 Å². The summed E-state index contributed by atoms with van der Waals surface area (Å²) < 4.78 is 5.63. The van der Waals surface area contributed by atoms with Crippen LogP contribution in [-0.4, -0.2) is 12.8 Å².